The lowest BCUT2D eigenvalue weighted by Gasteiger charge is -2.02. The van der Waals surface area contributed by atoms with Gasteiger partial charge in [0.25, 0.3) is 0 Å². The molecule has 0 spiro atoms. The van der Waals surface area contributed by atoms with Gasteiger partial charge < -0.3 is 4.74 Å². The number of nitrogens with zero attached hydrogens (tertiary/aromatic N) is 3. The van der Waals surface area contributed by atoms with Crippen LogP contribution in [0.25, 0.3) is 11.3 Å². The SMILES string of the molecule is COc1ccc(N/N=C(\C#N)c2nc(-c3ccc(C)cc3)cs2)cc1. The maximum Gasteiger partial charge on any atom is 0.196 e. The van der Waals surface area contributed by atoms with Crippen LogP contribution in [0.2, 0.25) is 0 Å². The van der Waals surface area contributed by atoms with Crippen LogP contribution >= 0.6 is 11.3 Å². The number of nitriles is 1. The van der Waals surface area contributed by atoms with Gasteiger partial charge in [-0.2, -0.15) is 10.4 Å². The minimum atomic E-state index is 0.249. The Morgan fingerprint density at radius 3 is 2.52 bits per heavy atom. The summed E-state index contributed by atoms with van der Waals surface area (Å²) in [6.45, 7) is 2.04. The van der Waals surface area contributed by atoms with E-state index in [0.717, 1.165) is 22.7 Å². The van der Waals surface area contributed by atoms with E-state index in [4.69, 9.17) is 4.74 Å². The zero-order valence-corrected chi connectivity index (χ0v) is 14.7. The van der Waals surface area contributed by atoms with Gasteiger partial charge in [0.2, 0.25) is 0 Å². The number of hydrazone groups is 1. The number of methoxy groups -OCH3 is 1. The van der Waals surface area contributed by atoms with E-state index in [1.807, 2.05) is 60.8 Å². The largest absolute Gasteiger partial charge is 0.497 e. The number of benzene rings is 2. The Balaban J connectivity index is 1.78. The van der Waals surface area contributed by atoms with Gasteiger partial charge in [-0.3, -0.25) is 5.43 Å². The molecular weight excluding hydrogens is 332 g/mol. The molecule has 0 saturated carbocycles. The van der Waals surface area contributed by atoms with E-state index < -0.39 is 0 Å². The van der Waals surface area contributed by atoms with Crippen LogP contribution < -0.4 is 10.2 Å². The normalized spacial score (nSPS) is 11.0. The average Bonchev–Trinajstić information content (AvgIpc) is 3.13. The van der Waals surface area contributed by atoms with Gasteiger partial charge in [0, 0.05) is 10.9 Å². The van der Waals surface area contributed by atoms with Gasteiger partial charge in [-0.15, -0.1) is 11.3 Å². The van der Waals surface area contributed by atoms with Crippen LogP contribution in [0.1, 0.15) is 10.6 Å². The Kier molecular flexibility index (Phi) is 5.07. The summed E-state index contributed by atoms with van der Waals surface area (Å²) in [5.74, 6) is 0.762. The molecule has 6 heteroatoms. The van der Waals surface area contributed by atoms with Gasteiger partial charge in [-0.1, -0.05) is 29.8 Å². The monoisotopic (exact) mass is 348 g/mol. The molecule has 0 aliphatic carbocycles. The van der Waals surface area contributed by atoms with Gasteiger partial charge >= 0.3 is 0 Å². The zero-order valence-electron chi connectivity index (χ0n) is 13.9. The van der Waals surface area contributed by atoms with Crippen molar-refractivity contribution in [1.82, 2.24) is 4.98 Å². The van der Waals surface area contributed by atoms with Crippen LogP contribution in [0.5, 0.6) is 5.75 Å². The van der Waals surface area contributed by atoms with Gasteiger partial charge in [-0.05, 0) is 31.2 Å². The Labute approximate surface area is 150 Å². The highest BCUT2D eigenvalue weighted by Gasteiger charge is 2.10. The molecule has 0 saturated heterocycles. The first kappa shape index (κ1) is 16.7. The van der Waals surface area contributed by atoms with Crippen molar-refractivity contribution in [2.75, 3.05) is 12.5 Å². The molecule has 0 aliphatic rings. The maximum atomic E-state index is 9.38. The molecule has 0 bridgehead atoms. The number of anilines is 1. The van der Waals surface area contributed by atoms with Gasteiger partial charge in [0.05, 0.1) is 18.5 Å². The van der Waals surface area contributed by atoms with Crippen molar-refractivity contribution in [3.63, 3.8) is 0 Å². The summed E-state index contributed by atoms with van der Waals surface area (Å²) < 4.78 is 5.11. The molecule has 3 rings (SSSR count). The molecule has 0 radical (unpaired) electrons. The van der Waals surface area contributed by atoms with Crippen molar-refractivity contribution in [2.45, 2.75) is 6.92 Å². The molecule has 1 N–H and O–H groups in total. The van der Waals surface area contributed by atoms with Crippen molar-refractivity contribution in [1.29, 1.82) is 5.26 Å². The second kappa shape index (κ2) is 7.60. The van der Waals surface area contributed by atoms with Crippen LogP contribution in [0, 0.1) is 18.3 Å². The van der Waals surface area contributed by atoms with E-state index in [1.54, 1.807) is 7.11 Å². The van der Waals surface area contributed by atoms with E-state index >= 15 is 0 Å². The molecule has 2 aromatic carbocycles. The van der Waals surface area contributed by atoms with Crippen molar-refractivity contribution < 1.29 is 4.74 Å². The highest BCUT2D eigenvalue weighted by atomic mass is 32.1. The molecule has 25 heavy (non-hydrogen) atoms. The van der Waals surface area contributed by atoms with E-state index in [0.29, 0.717) is 5.01 Å². The van der Waals surface area contributed by atoms with E-state index in [2.05, 4.69) is 21.6 Å². The summed E-state index contributed by atoms with van der Waals surface area (Å²) in [5.41, 5.74) is 6.95. The first-order valence-electron chi connectivity index (χ1n) is 7.60. The van der Waals surface area contributed by atoms with E-state index in [1.165, 1.54) is 16.9 Å². The summed E-state index contributed by atoms with van der Waals surface area (Å²) in [6.07, 6.45) is 0. The number of hydrogen-bond acceptors (Lipinski definition) is 6. The molecule has 1 heterocycles. The van der Waals surface area contributed by atoms with Crippen molar-refractivity contribution in [2.24, 2.45) is 5.10 Å². The van der Waals surface area contributed by atoms with Crippen LogP contribution in [0.3, 0.4) is 0 Å². The predicted octanol–water partition coefficient (Wildman–Crippen LogP) is 4.47. The Morgan fingerprint density at radius 1 is 1.16 bits per heavy atom. The first-order chi connectivity index (χ1) is 12.2. The summed E-state index contributed by atoms with van der Waals surface area (Å²) in [6, 6.07) is 17.5. The fourth-order valence-electron chi connectivity index (χ4n) is 2.15. The lowest BCUT2D eigenvalue weighted by molar-refractivity contribution is 0.415. The number of nitrogens with one attached hydrogen (secondary N) is 1. The lowest BCUT2D eigenvalue weighted by atomic mass is 10.1. The number of hydrogen-bond donors (Lipinski definition) is 1. The fourth-order valence-corrected chi connectivity index (χ4v) is 2.91. The average molecular weight is 348 g/mol. The van der Waals surface area contributed by atoms with Crippen LogP contribution in [-0.4, -0.2) is 17.8 Å². The fraction of sp³-hybridized carbons (Fsp3) is 0.105. The minimum Gasteiger partial charge on any atom is -0.497 e. The smallest absolute Gasteiger partial charge is 0.196 e. The maximum absolute atomic E-state index is 9.38. The molecule has 5 nitrogen and oxygen atoms in total. The molecule has 3 aromatic rings. The molecule has 0 unspecified atom stereocenters. The predicted molar refractivity (Wildman–Crippen MR) is 101 cm³/mol. The number of aromatic nitrogens is 1. The van der Waals surface area contributed by atoms with Crippen LogP contribution in [0.15, 0.2) is 59.0 Å². The standard InChI is InChI=1S/C19H16N4OS/c1-13-3-5-14(6-4-13)18-12-25-19(21-18)17(11-20)23-22-15-7-9-16(24-2)10-8-15/h3-10,12,22H,1-2H3/b23-17+. The molecular formula is C19H16N4OS. The highest BCUT2D eigenvalue weighted by molar-refractivity contribution is 7.12. The van der Waals surface area contributed by atoms with Gasteiger partial charge in [0.15, 0.2) is 10.7 Å². The topological polar surface area (TPSA) is 70.3 Å². The van der Waals surface area contributed by atoms with Crippen molar-refractivity contribution >= 4 is 22.7 Å². The van der Waals surface area contributed by atoms with Crippen LogP contribution in [0.4, 0.5) is 5.69 Å². The van der Waals surface area contributed by atoms with Crippen LogP contribution in [-0.2, 0) is 0 Å². The second-order valence-corrected chi connectivity index (χ2v) is 6.17. The number of thiazole rings is 1. The molecule has 1 aromatic heterocycles. The van der Waals surface area contributed by atoms with Gasteiger partial charge in [-0.25, -0.2) is 4.98 Å². The third-order valence-corrected chi connectivity index (χ3v) is 4.40. The second-order valence-electron chi connectivity index (χ2n) is 5.32. The van der Waals surface area contributed by atoms with Crippen molar-refractivity contribution in [3.05, 3.63) is 64.5 Å². The summed E-state index contributed by atoms with van der Waals surface area (Å²) >= 11 is 1.40. The molecule has 0 fully saturated rings. The summed E-state index contributed by atoms with van der Waals surface area (Å²) in [4.78, 5) is 4.53. The number of ether oxygens (including phenoxy) is 1. The molecule has 0 atom stereocenters. The lowest BCUT2D eigenvalue weighted by Crippen LogP contribution is -2.01. The third-order valence-electron chi connectivity index (χ3n) is 3.55. The quantitative estimate of drug-likeness (QED) is 0.545. The molecule has 0 amide bonds. The summed E-state index contributed by atoms with van der Waals surface area (Å²) in [7, 11) is 1.61. The van der Waals surface area contributed by atoms with Gasteiger partial charge in [0.1, 0.15) is 11.8 Å². The van der Waals surface area contributed by atoms with Crippen molar-refractivity contribution in [3.8, 4) is 23.1 Å². The zero-order chi connectivity index (χ0) is 17.6. The summed E-state index contributed by atoms with van der Waals surface area (Å²) in [5, 5.41) is 16.1. The van der Waals surface area contributed by atoms with E-state index in [-0.39, 0.29) is 5.71 Å². The Bertz CT molecular complexity index is 921. The molecule has 0 aliphatic heterocycles. The Hall–Kier alpha value is -3.17. The van der Waals surface area contributed by atoms with E-state index in [9.17, 15) is 5.26 Å². The number of rotatable bonds is 5. The Morgan fingerprint density at radius 2 is 1.88 bits per heavy atom. The third kappa shape index (κ3) is 4.03. The molecule has 124 valence electrons. The first-order valence-corrected chi connectivity index (χ1v) is 8.48. The minimum absolute atomic E-state index is 0.249. The highest BCUT2D eigenvalue weighted by Crippen LogP contribution is 2.23. The number of aryl methyl sites for hydroxylation is 1.